The number of hydrogen-bond acceptors (Lipinski definition) is 2. The number of benzene rings is 2. The van der Waals surface area contributed by atoms with Crippen molar-refractivity contribution in [1.29, 1.82) is 0 Å². The van der Waals surface area contributed by atoms with Crippen LogP contribution in [0.2, 0.25) is 0 Å². The van der Waals surface area contributed by atoms with E-state index in [1.54, 1.807) is 36.5 Å². The summed E-state index contributed by atoms with van der Waals surface area (Å²) in [5, 5.41) is 0. The molecule has 0 bridgehead atoms. The van der Waals surface area contributed by atoms with E-state index in [4.69, 9.17) is 5.73 Å². The van der Waals surface area contributed by atoms with Crippen LogP contribution in [0, 0.1) is 11.6 Å². The Balaban J connectivity index is 1.76. The minimum atomic E-state index is -0.521. The second-order valence-corrected chi connectivity index (χ2v) is 6.11. The minimum Gasteiger partial charge on any atom is -0.369 e. The fourth-order valence-corrected chi connectivity index (χ4v) is 2.91. The molecule has 1 heterocycles. The molecular formula is C21H18F2N2O. The molecule has 5 heteroatoms. The highest BCUT2D eigenvalue weighted by atomic mass is 19.1. The number of rotatable bonds is 6. The molecule has 1 amide bonds. The number of nitrogens with two attached hydrogens (primary N) is 1. The number of hydrogen-bond donors (Lipinski definition) is 1. The van der Waals surface area contributed by atoms with Gasteiger partial charge in [0.2, 0.25) is 5.91 Å². The first-order valence-corrected chi connectivity index (χ1v) is 8.28. The van der Waals surface area contributed by atoms with Gasteiger partial charge in [0.05, 0.1) is 11.6 Å². The first kappa shape index (κ1) is 17.7. The number of primary amides is 1. The quantitative estimate of drug-likeness (QED) is 0.722. The van der Waals surface area contributed by atoms with E-state index in [0.717, 1.165) is 5.56 Å². The Morgan fingerprint density at radius 3 is 2.35 bits per heavy atom. The van der Waals surface area contributed by atoms with Gasteiger partial charge in [-0.2, -0.15) is 0 Å². The SMILES string of the molecule is NC(=O)C(CCc1cccc(F)c1)c1ccc(-c2cccc(F)c2)nc1. The van der Waals surface area contributed by atoms with Crippen molar-refractivity contribution in [1.82, 2.24) is 4.98 Å². The molecule has 132 valence electrons. The lowest BCUT2D eigenvalue weighted by Gasteiger charge is -2.14. The highest BCUT2D eigenvalue weighted by Gasteiger charge is 2.18. The van der Waals surface area contributed by atoms with Gasteiger partial charge in [-0.05, 0) is 54.3 Å². The fraction of sp³-hybridized carbons (Fsp3) is 0.143. The van der Waals surface area contributed by atoms with Crippen LogP contribution in [0.25, 0.3) is 11.3 Å². The average molecular weight is 352 g/mol. The first-order chi connectivity index (χ1) is 12.5. The van der Waals surface area contributed by atoms with E-state index in [-0.39, 0.29) is 11.6 Å². The summed E-state index contributed by atoms with van der Waals surface area (Å²) >= 11 is 0. The molecule has 0 aliphatic heterocycles. The molecule has 0 aliphatic carbocycles. The molecule has 2 aromatic carbocycles. The van der Waals surface area contributed by atoms with Crippen LogP contribution in [0.15, 0.2) is 66.9 Å². The average Bonchev–Trinajstić information content (AvgIpc) is 2.62. The molecule has 3 aromatic rings. The third kappa shape index (κ3) is 4.30. The monoisotopic (exact) mass is 352 g/mol. The van der Waals surface area contributed by atoms with E-state index < -0.39 is 11.8 Å². The highest BCUT2D eigenvalue weighted by molar-refractivity contribution is 5.82. The van der Waals surface area contributed by atoms with Crippen LogP contribution >= 0.6 is 0 Å². The summed E-state index contributed by atoms with van der Waals surface area (Å²) in [6.07, 6.45) is 2.57. The molecule has 0 fully saturated rings. The van der Waals surface area contributed by atoms with E-state index in [2.05, 4.69) is 4.98 Å². The van der Waals surface area contributed by atoms with Crippen LogP contribution in [0.1, 0.15) is 23.5 Å². The predicted molar refractivity (Wildman–Crippen MR) is 96.3 cm³/mol. The Morgan fingerprint density at radius 2 is 1.73 bits per heavy atom. The van der Waals surface area contributed by atoms with E-state index in [1.807, 2.05) is 6.07 Å². The number of aromatic nitrogens is 1. The van der Waals surface area contributed by atoms with Crippen LogP contribution in [-0.4, -0.2) is 10.9 Å². The van der Waals surface area contributed by atoms with E-state index in [0.29, 0.717) is 29.7 Å². The van der Waals surface area contributed by atoms with Gasteiger partial charge in [0.1, 0.15) is 11.6 Å². The van der Waals surface area contributed by atoms with Crippen molar-refractivity contribution >= 4 is 5.91 Å². The van der Waals surface area contributed by atoms with Gasteiger partial charge in [0.15, 0.2) is 0 Å². The maximum Gasteiger partial charge on any atom is 0.225 e. The van der Waals surface area contributed by atoms with Crippen molar-refractivity contribution in [3.63, 3.8) is 0 Å². The van der Waals surface area contributed by atoms with Crippen molar-refractivity contribution in [3.05, 3.63) is 89.6 Å². The van der Waals surface area contributed by atoms with E-state index in [9.17, 15) is 13.6 Å². The van der Waals surface area contributed by atoms with Crippen molar-refractivity contribution in [2.75, 3.05) is 0 Å². The van der Waals surface area contributed by atoms with Crippen LogP contribution in [0.3, 0.4) is 0 Å². The lowest BCUT2D eigenvalue weighted by atomic mass is 9.92. The van der Waals surface area contributed by atoms with Gasteiger partial charge in [-0.3, -0.25) is 9.78 Å². The molecule has 0 radical (unpaired) electrons. The fourth-order valence-electron chi connectivity index (χ4n) is 2.91. The molecule has 3 rings (SSSR count). The number of carbonyl (C=O) groups excluding carboxylic acids is 1. The summed E-state index contributed by atoms with van der Waals surface area (Å²) in [7, 11) is 0. The normalized spacial score (nSPS) is 11.9. The summed E-state index contributed by atoms with van der Waals surface area (Å²) in [4.78, 5) is 16.2. The Kier molecular flexibility index (Phi) is 5.37. The zero-order valence-electron chi connectivity index (χ0n) is 14.0. The zero-order valence-corrected chi connectivity index (χ0v) is 14.0. The molecule has 2 N–H and O–H groups in total. The second kappa shape index (κ2) is 7.87. The minimum absolute atomic E-state index is 0.306. The summed E-state index contributed by atoms with van der Waals surface area (Å²) in [6, 6.07) is 15.9. The maximum atomic E-state index is 13.3. The van der Waals surface area contributed by atoms with Crippen LogP contribution in [-0.2, 0) is 11.2 Å². The van der Waals surface area contributed by atoms with Gasteiger partial charge in [-0.25, -0.2) is 8.78 Å². The standard InChI is InChI=1S/C21H18F2N2O/c22-17-5-1-3-14(11-17)7-9-19(21(24)26)16-8-10-20(25-13-16)15-4-2-6-18(23)12-15/h1-6,8,10-13,19H,7,9H2,(H2,24,26). The molecule has 0 spiro atoms. The Hall–Kier alpha value is -3.08. The second-order valence-electron chi connectivity index (χ2n) is 6.11. The van der Waals surface area contributed by atoms with Crippen LogP contribution in [0.4, 0.5) is 8.78 Å². The molecule has 1 aromatic heterocycles. The number of aryl methyl sites for hydroxylation is 1. The predicted octanol–water partition coefficient (Wildman–Crippen LogP) is 4.23. The number of amides is 1. The Bertz CT molecular complexity index is 910. The molecule has 1 atom stereocenters. The molecule has 3 nitrogen and oxygen atoms in total. The largest absolute Gasteiger partial charge is 0.369 e. The summed E-state index contributed by atoms with van der Waals surface area (Å²) < 4.78 is 26.6. The van der Waals surface area contributed by atoms with Gasteiger partial charge < -0.3 is 5.73 Å². The smallest absolute Gasteiger partial charge is 0.225 e. The van der Waals surface area contributed by atoms with E-state index in [1.165, 1.54) is 24.3 Å². The lowest BCUT2D eigenvalue weighted by Crippen LogP contribution is -2.22. The third-order valence-corrected chi connectivity index (χ3v) is 4.26. The highest BCUT2D eigenvalue weighted by Crippen LogP contribution is 2.24. The summed E-state index contributed by atoms with van der Waals surface area (Å²) in [6.45, 7) is 0. The number of nitrogens with zero attached hydrogens (tertiary/aromatic N) is 1. The van der Waals surface area contributed by atoms with Crippen molar-refractivity contribution in [2.45, 2.75) is 18.8 Å². The van der Waals surface area contributed by atoms with Crippen molar-refractivity contribution in [3.8, 4) is 11.3 Å². The van der Waals surface area contributed by atoms with Gasteiger partial charge in [-0.15, -0.1) is 0 Å². The Morgan fingerprint density at radius 1 is 1.00 bits per heavy atom. The Labute approximate surface area is 150 Å². The molecule has 0 aliphatic rings. The van der Waals surface area contributed by atoms with E-state index >= 15 is 0 Å². The summed E-state index contributed by atoms with van der Waals surface area (Å²) in [5.74, 6) is -1.62. The zero-order chi connectivity index (χ0) is 18.5. The topological polar surface area (TPSA) is 56.0 Å². The molecular weight excluding hydrogens is 334 g/mol. The molecule has 26 heavy (non-hydrogen) atoms. The third-order valence-electron chi connectivity index (χ3n) is 4.26. The van der Waals surface area contributed by atoms with Gasteiger partial charge >= 0.3 is 0 Å². The van der Waals surface area contributed by atoms with Crippen LogP contribution in [0.5, 0.6) is 0 Å². The van der Waals surface area contributed by atoms with Gasteiger partial charge in [0.25, 0.3) is 0 Å². The van der Waals surface area contributed by atoms with Crippen LogP contribution < -0.4 is 5.73 Å². The number of pyridine rings is 1. The molecule has 0 saturated carbocycles. The van der Waals surface area contributed by atoms with Gasteiger partial charge in [-0.1, -0.05) is 30.3 Å². The summed E-state index contributed by atoms with van der Waals surface area (Å²) in [5.41, 5.74) is 8.31. The number of carbonyl (C=O) groups is 1. The number of halogens is 2. The lowest BCUT2D eigenvalue weighted by molar-refractivity contribution is -0.119. The first-order valence-electron chi connectivity index (χ1n) is 8.28. The van der Waals surface area contributed by atoms with Crippen molar-refractivity contribution < 1.29 is 13.6 Å². The molecule has 1 unspecified atom stereocenters. The maximum absolute atomic E-state index is 13.3. The van der Waals surface area contributed by atoms with Crippen molar-refractivity contribution in [2.24, 2.45) is 5.73 Å². The van der Waals surface area contributed by atoms with Gasteiger partial charge in [0, 0.05) is 11.8 Å². The molecule has 0 saturated heterocycles.